The lowest BCUT2D eigenvalue weighted by Gasteiger charge is -2.34. The van der Waals surface area contributed by atoms with Crippen LogP contribution in [0.15, 0.2) is 77.6 Å². The van der Waals surface area contributed by atoms with Crippen molar-refractivity contribution in [2.24, 2.45) is 0 Å². The van der Waals surface area contributed by atoms with Gasteiger partial charge in [0.2, 0.25) is 10.0 Å². The van der Waals surface area contributed by atoms with Crippen molar-refractivity contribution in [3.05, 3.63) is 84.3 Å². The maximum atomic E-state index is 11.5. The molecule has 1 N–H and O–H groups in total. The van der Waals surface area contributed by atoms with E-state index in [1.807, 2.05) is 30.3 Å². The lowest BCUT2D eigenvalue weighted by atomic mass is 10.0. The molecule has 3 aromatic rings. The van der Waals surface area contributed by atoms with Gasteiger partial charge in [0.25, 0.3) is 0 Å². The van der Waals surface area contributed by atoms with Gasteiger partial charge < -0.3 is 18.8 Å². The van der Waals surface area contributed by atoms with E-state index in [2.05, 4.69) is 21.8 Å². The second-order valence-electron chi connectivity index (χ2n) is 8.60. The molecule has 1 saturated heterocycles. The molecule has 1 aliphatic heterocycles. The Morgan fingerprint density at radius 1 is 1.03 bits per heavy atom. The lowest BCUT2D eigenvalue weighted by molar-refractivity contribution is -0.0275. The quantitative estimate of drug-likeness (QED) is 0.398. The zero-order chi connectivity index (χ0) is 23.8. The Balaban J connectivity index is 1.22. The number of para-hydroxylation sites is 2. The fourth-order valence-electron chi connectivity index (χ4n) is 4.21. The van der Waals surface area contributed by atoms with E-state index < -0.39 is 10.0 Å². The Labute approximate surface area is 201 Å². The Morgan fingerprint density at radius 2 is 1.76 bits per heavy atom. The molecule has 0 saturated carbocycles. The number of hydrogen-bond acceptors (Lipinski definition) is 6. The van der Waals surface area contributed by atoms with E-state index in [4.69, 9.17) is 13.9 Å². The number of hydrogen-bond donors (Lipinski definition) is 1. The lowest BCUT2D eigenvalue weighted by Crippen LogP contribution is -2.38. The molecule has 8 heteroatoms. The fourth-order valence-corrected chi connectivity index (χ4v) is 4.78. The minimum atomic E-state index is -3.35. The molecule has 1 unspecified atom stereocenters. The number of nitrogens with zero attached hydrogens (tertiary/aromatic N) is 1. The van der Waals surface area contributed by atoms with Crippen LogP contribution in [0, 0.1) is 0 Å². The first kappa shape index (κ1) is 24.3. The number of piperidine rings is 1. The normalized spacial score (nSPS) is 16.3. The topological polar surface area (TPSA) is 81.0 Å². The summed E-state index contributed by atoms with van der Waals surface area (Å²) in [5, 5.41) is 0. The molecule has 2 aromatic carbocycles. The molecule has 4 rings (SSSR count). The maximum Gasteiger partial charge on any atom is 0.229 e. The third-order valence-corrected chi connectivity index (χ3v) is 6.46. The van der Waals surface area contributed by atoms with Gasteiger partial charge >= 0.3 is 0 Å². The van der Waals surface area contributed by atoms with Crippen molar-refractivity contribution in [1.82, 2.24) is 4.90 Å². The summed E-state index contributed by atoms with van der Waals surface area (Å²) in [5.41, 5.74) is 2.64. The first-order chi connectivity index (χ1) is 16.5. The number of sulfonamides is 1. The number of ether oxygens (including phenoxy) is 2. The second kappa shape index (κ2) is 11.6. The van der Waals surface area contributed by atoms with Gasteiger partial charge in [-0.2, -0.15) is 0 Å². The Hall–Kier alpha value is -2.81. The summed E-state index contributed by atoms with van der Waals surface area (Å²) in [6.45, 7) is 3.40. The third kappa shape index (κ3) is 7.09. The molecule has 0 amide bonds. The van der Waals surface area contributed by atoms with E-state index in [0.717, 1.165) is 56.3 Å². The van der Waals surface area contributed by atoms with E-state index in [1.54, 1.807) is 30.7 Å². The van der Waals surface area contributed by atoms with E-state index in [1.165, 1.54) is 0 Å². The molecule has 1 aliphatic rings. The average molecular weight is 485 g/mol. The van der Waals surface area contributed by atoms with Crippen molar-refractivity contribution in [3.63, 3.8) is 0 Å². The Kier molecular flexibility index (Phi) is 8.26. The van der Waals surface area contributed by atoms with Gasteiger partial charge in [-0.25, -0.2) is 8.42 Å². The van der Waals surface area contributed by atoms with Crippen molar-refractivity contribution in [2.75, 3.05) is 37.2 Å². The molecule has 1 atom stereocenters. The second-order valence-corrected chi connectivity index (χ2v) is 10.3. The molecule has 2 heterocycles. The largest absolute Gasteiger partial charge is 0.491 e. The summed E-state index contributed by atoms with van der Waals surface area (Å²) in [7, 11) is -3.35. The Bertz CT molecular complexity index is 1110. The van der Waals surface area contributed by atoms with Gasteiger partial charge in [0.15, 0.2) is 0 Å². The SMILES string of the molecule is CS(=O)(=O)Nc1ccccc1OCCCN1CCC(OC(c2ccccc2)c2ccoc2)CC1. The van der Waals surface area contributed by atoms with Gasteiger partial charge in [-0.05, 0) is 43.0 Å². The molecule has 7 nitrogen and oxygen atoms in total. The minimum Gasteiger partial charge on any atom is -0.491 e. The number of likely N-dealkylation sites (tertiary alicyclic amines) is 1. The zero-order valence-electron chi connectivity index (χ0n) is 19.4. The molecule has 182 valence electrons. The predicted octanol–water partition coefficient (Wildman–Crippen LogP) is 4.69. The van der Waals surface area contributed by atoms with Crippen molar-refractivity contribution < 1.29 is 22.3 Å². The summed E-state index contributed by atoms with van der Waals surface area (Å²) >= 11 is 0. The van der Waals surface area contributed by atoms with E-state index >= 15 is 0 Å². The minimum absolute atomic E-state index is 0.120. The standard InChI is InChI=1S/C26H32N2O5S/c1-34(29,30)27-24-10-5-6-11-25(24)32-18-7-15-28-16-12-23(13-17-28)33-26(22-14-19-31-20-22)21-8-3-2-4-9-21/h2-6,8-11,14,19-20,23,26-27H,7,12-13,15-18H2,1H3. The van der Waals surface area contributed by atoms with Crippen LogP contribution in [0.5, 0.6) is 5.75 Å². The van der Waals surface area contributed by atoms with Crippen molar-refractivity contribution in [2.45, 2.75) is 31.5 Å². The van der Waals surface area contributed by atoms with Gasteiger partial charge in [0, 0.05) is 25.2 Å². The first-order valence-corrected chi connectivity index (χ1v) is 13.5. The molecule has 0 radical (unpaired) electrons. The molecule has 1 fully saturated rings. The van der Waals surface area contributed by atoms with Crippen LogP contribution in [0.1, 0.15) is 36.5 Å². The van der Waals surface area contributed by atoms with Crippen molar-refractivity contribution in [3.8, 4) is 5.75 Å². The zero-order valence-corrected chi connectivity index (χ0v) is 20.2. The molecule has 0 bridgehead atoms. The summed E-state index contributed by atoms with van der Waals surface area (Å²) in [5.74, 6) is 0.547. The van der Waals surface area contributed by atoms with E-state index in [0.29, 0.717) is 18.0 Å². The van der Waals surface area contributed by atoms with Crippen LogP contribution in [-0.4, -0.2) is 51.9 Å². The average Bonchev–Trinajstić information content (AvgIpc) is 3.36. The van der Waals surface area contributed by atoms with E-state index in [9.17, 15) is 8.42 Å². The number of nitrogens with one attached hydrogen (secondary N) is 1. The van der Waals surface area contributed by atoms with Crippen LogP contribution >= 0.6 is 0 Å². The Morgan fingerprint density at radius 3 is 2.47 bits per heavy atom. The molecule has 1 aromatic heterocycles. The van der Waals surface area contributed by atoms with Crippen LogP contribution < -0.4 is 9.46 Å². The van der Waals surface area contributed by atoms with Crippen LogP contribution in [0.3, 0.4) is 0 Å². The highest BCUT2D eigenvalue weighted by Crippen LogP contribution is 2.30. The highest BCUT2D eigenvalue weighted by Gasteiger charge is 2.25. The van der Waals surface area contributed by atoms with E-state index in [-0.39, 0.29) is 12.2 Å². The van der Waals surface area contributed by atoms with Crippen LogP contribution in [0.4, 0.5) is 5.69 Å². The molecular formula is C26H32N2O5S. The monoisotopic (exact) mass is 484 g/mol. The van der Waals surface area contributed by atoms with Crippen molar-refractivity contribution in [1.29, 1.82) is 0 Å². The highest BCUT2D eigenvalue weighted by molar-refractivity contribution is 7.92. The predicted molar refractivity (Wildman–Crippen MR) is 133 cm³/mol. The number of anilines is 1. The first-order valence-electron chi connectivity index (χ1n) is 11.6. The molecular weight excluding hydrogens is 452 g/mol. The third-order valence-electron chi connectivity index (χ3n) is 5.87. The van der Waals surface area contributed by atoms with Gasteiger partial charge in [-0.1, -0.05) is 42.5 Å². The molecule has 0 aliphatic carbocycles. The van der Waals surface area contributed by atoms with Crippen LogP contribution in [0.2, 0.25) is 0 Å². The smallest absolute Gasteiger partial charge is 0.229 e. The number of benzene rings is 2. The van der Waals surface area contributed by atoms with Gasteiger partial charge in [-0.3, -0.25) is 4.72 Å². The molecule has 34 heavy (non-hydrogen) atoms. The van der Waals surface area contributed by atoms with Crippen LogP contribution in [-0.2, 0) is 14.8 Å². The van der Waals surface area contributed by atoms with Crippen LogP contribution in [0.25, 0.3) is 0 Å². The van der Waals surface area contributed by atoms with Crippen molar-refractivity contribution >= 4 is 15.7 Å². The number of rotatable bonds is 11. The summed E-state index contributed by atoms with van der Waals surface area (Å²) < 4.78 is 43.3. The number of furan rings is 1. The molecule has 0 spiro atoms. The summed E-state index contributed by atoms with van der Waals surface area (Å²) in [6.07, 6.45) is 7.47. The summed E-state index contributed by atoms with van der Waals surface area (Å²) in [4.78, 5) is 2.43. The fraction of sp³-hybridized carbons (Fsp3) is 0.385. The van der Waals surface area contributed by atoms with Gasteiger partial charge in [0.05, 0.1) is 37.2 Å². The highest BCUT2D eigenvalue weighted by atomic mass is 32.2. The van der Waals surface area contributed by atoms with Gasteiger partial charge in [-0.15, -0.1) is 0 Å². The maximum absolute atomic E-state index is 11.5. The van der Waals surface area contributed by atoms with Gasteiger partial charge in [0.1, 0.15) is 11.9 Å². The summed E-state index contributed by atoms with van der Waals surface area (Å²) in [6, 6.07) is 19.3.